The fourth-order valence-electron chi connectivity index (χ4n) is 0.964. The van der Waals surface area contributed by atoms with Crippen LogP contribution in [0, 0.1) is 11.8 Å². The first kappa shape index (κ1) is 9.79. The van der Waals surface area contributed by atoms with Crippen molar-refractivity contribution in [2.45, 2.75) is 19.6 Å². The standard InChI is InChI=1S/C11H13NO/c1-9(13)5-6-10-3-2-4-11(7-10)8-12/h2-4,7,9,13H,8,12H2,1H3/t9-/m0/s1. The number of hydrogen-bond donors (Lipinski definition) is 2. The maximum absolute atomic E-state index is 8.94. The van der Waals surface area contributed by atoms with E-state index >= 15 is 0 Å². The van der Waals surface area contributed by atoms with E-state index in [9.17, 15) is 0 Å². The van der Waals surface area contributed by atoms with Gasteiger partial charge in [0.2, 0.25) is 0 Å². The molecule has 0 amide bonds. The first-order valence-electron chi connectivity index (χ1n) is 4.21. The van der Waals surface area contributed by atoms with Crippen LogP contribution in [0.2, 0.25) is 0 Å². The third kappa shape index (κ3) is 3.29. The second kappa shape index (κ2) is 4.66. The molecule has 1 rings (SSSR count). The molecule has 0 spiro atoms. The number of nitrogens with two attached hydrogens (primary N) is 1. The van der Waals surface area contributed by atoms with Crippen molar-refractivity contribution in [2.75, 3.05) is 0 Å². The SMILES string of the molecule is C[C@H](O)C#Cc1cccc(CN)c1. The summed E-state index contributed by atoms with van der Waals surface area (Å²) < 4.78 is 0. The first-order chi connectivity index (χ1) is 6.22. The van der Waals surface area contributed by atoms with Crippen LogP contribution in [-0.4, -0.2) is 11.2 Å². The molecule has 3 N–H and O–H groups in total. The Labute approximate surface area is 78.4 Å². The van der Waals surface area contributed by atoms with E-state index in [1.54, 1.807) is 6.92 Å². The van der Waals surface area contributed by atoms with Crippen LogP contribution in [0.1, 0.15) is 18.1 Å². The molecule has 0 radical (unpaired) electrons. The lowest BCUT2D eigenvalue weighted by Crippen LogP contribution is -1.96. The molecule has 0 aliphatic heterocycles. The second-order valence-corrected chi connectivity index (χ2v) is 2.85. The maximum atomic E-state index is 8.94. The van der Waals surface area contributed by atoms with E-state index in [0.29, 0.717) is 6.54 Å². The monoisotopic (exact) mass is 175 g/mol. The van der Waals surface area contributed by atoms with Crippen molar-refractivity contribution in [3.8, 4) is 11.8 Å². The highest BCUT2D eigenvalue weighted by atomic mass is 16.3. The lowest BCUT2D eigenvalue weighted by molar-refractivity contribution is 0.253. The molecule has 0 aliphatic rings. The average molecular weight is 175 g/mol. The Morgan fingerprint density at radius 3 is 2.92 bits per heavy atom. The van der Waals surface area contributed by atoms with E-state index in [1.807, 2.05) is 24.3 Å². The second-order valence-electron chi connectivity index (χ2n) is 2.85. The van der Waals surface area contributed by atoms with Gasteiger partial charge in [-0.1, -0.05) is 24.0 Å². The highest BCUT2D eigenvalue weighted by Crippen LogP contribution is 2.02. The number of benzene rings is 1. The minimum absolute atomic E-state index is 0.518. The molecule has 2 heteroatoms. The molecule has 0 saturated heterocycles. The highest BCUT2D eigenvalue weighted by Gasteiger charge is 1.90. The van der Waals surface area contributed by atoms with Crippen molar-refractivity contribution < 1.29 is 5.11 Å². The fourth-order valence-corrected chi connectivity index (χ4v) is 0.964. The molecule has 1 aromatic carbocycles. The van der Waals surface area contributed by atoms with Crippen molar-refractivity contribution in [1.82, 2.24) is 0 Å². The Kier molecular flexibility index (Phi) is 3.51. The number of rotatable bonds is 1. The molecule has 0 heterocycles. The third-order valence-corrected chi connectivity index (χ3v) is 1.59. The quantitative estimate of drug-likeness (QED) is 0.622. The lowest BCUT2D eigenvalue weighted by atomic mass is 10.1. The Bertz CT molecular complexity index is 333. The number of aliphatic hydroxyl groups excluding tert-OH is 1. The van der Waals surface area contributed by atoms with Crippen molar-refractivity contribution in [1.29, 1.82) is 0 Å². The van der Waals surface area contributed by atoms with Crippen LogP contribution in [0.5, 0.6) is 0 Å². The molecule has 1 atom stereocenters. The normalized spacial score (nSPS) is 11.6. The number of hydrogen-bond acceptors (Lipinski definition) is 2. The van der Waals surface area contributed by atoms with Gasteiger partial charge in [-0.2, -0.15) is 0 Å². The minimum Gasteiger partial charge on any atom is -0.381 e. The van der Waals surface area contributed by atoms with Gasteiger partial charge in [-0.3, -0.25) is 0 Å². The average Bonchev–Trinajstić information content (AvgIpc) is 2.15. The summed E-state index contributed by atoms with van der Waals surface area (Å²) >= 11 is 0. The molecule has 0 bridgehead atoms. The fraction of sp³-hybridized carbons (Fsp3) is 0.273. The summed E-state index contributed by atoms with van der Waals surface area (Å²) in [5.41, 5.74) is 7.42. The van der Waals surface area contributed by atoms with Gasteiger partial charge in [0.15, 0.2) is 0 Å². The van der Waals surface area contributed by atoms with Crippen LogP contribution in [-0.2, 0) is 6.54 Å². The summed E-state index contributed by atoms with van der Waals surface area (Å²) in [4.78, 5) is 0. The molecule has 0 unspecified atom stereocenters. The van der Waals surface area contributed by atoms with E-state index in [1.165, 1.54) is 0 Å². The third-order valence-electron chi connectivity index (χ3n) is 1.59. The first-order valence-corrected chi connectivity index (χ1v) is 4.21. The Hall–Kier alpha value is -1.30. The van der Waals surface area contributed by atoms with Crippen LogP contribution in [0.15, 0.2) is 24.3 Å². The Morgan fingerprint density at radius 1 is 1.54 bits per heavy atom. The van der Waals surface area contributed by atoms with Gasteiger partial charge in [0.1, 0.15) is 6.10 Å². The maximum Gasteiger partial charge on any atom is 0.112 e. The summed E-state index contributed by atoms with van der Waals surface area (Å²) in [5, 5.41) is 8.94. The summed E-state index contributed by atoms with van der Waals surface area (Å²) in [6, 6.07) is 7.69. The summed E-state index contributed by atoms with van der Waals surface area (Å²) in [5.74, 6) is 5.54. The molecular formula is C11H13NO. The van der Waals surface area contributed by atoms with Gasteiger partial charge in [-0.25, -0.2) is 0 Å². The molecule has 0 saturated carbocycles. The van der Waals surface area contributed by atoms with Gasteiger partial charge in [0.25, 0.3) is 0 Å². The minimum atomic E-state index is -0.582. The van der Waals surface area contributed by atoms with Crippen molar-refractivity contribution >= 4 is 0 Å². The van der Waals surface area contributed by atoms with Crippen LogP contribution in [0.3, 0.4) is 0 Å². The van der Waals surface area contributed by atoms with E-state index < -0.39 is 6.10 Å². The largest absolute Gasteiger partial charge is 0.381 e. The molecule has 13 heavy (non-hydrogen) atoms. The molecule has 0 aliphatic carbocycles. The summed E-state index contributed by atoms with van der Waals surface area (Å²) in [6.07, 6.45) is -0.582. The zero-order valence-electron chi connectivity index (χ0n) is 7.62. The number of aliphatic hydroxyl groups is 1. The van der Waals surface area contributed by atoms with E-state index in [-0.39, 0.29) is 0 Å². The predicted molar refractivity (Wildman–Crippen MR) is 52.9 cm³/mol. The van der Waals surface area contributed by atoms with Gasteiger partial charge >= 0.3 is 0 Å². The van der Waals surface area contributed by atoms with Gasteiger partial charge in [0.05, 0.1) is 0 Å². The zero-order valence-corrected chi connectivity index (χ0v) is 7.62. The van der Waals surface area contributed by atoms with E-state index in [2.05, 4.69) is 11.8 Å². The van der Waals surface area contributed by atoms with Crippen LogP contribution in [0.25, 0.3) is 0 Å². The van der Waals surface area contributed by atoms with Gasteiger partial charge < -0.3 is 10.8 Å². The topological polar surface area (TPSA) is 46.2 Å². The lowest BCUT2D eigenvalue weighted by Gasteiger charge is -1.96. The highest BCUT2D eigenvalue weighted by molar-refractivity contribution is 5.37. The Morgan fingerprint density at radius 2 is 2.31 bits per heavy atom. The van der Waals surface area contributed by atoms with Gasteiger partial charge in [-0.05, 0) is 24.6 Å². The van der Waals surface area contributed by atoms with Gasteiger partial charge in [0, 0.05) is 12.1 Å². The molecule has 0 aromatic heterocycles. The zero-order chi connectivity index (χ0) is 9.68. The van der Waals surface area contributed by atoms with E-state index in [4.69, 9.17) is 10.8 Å². The van der Waals surface area contributed by atoms with Crippen LogP contribution >= 0.6 is 0 Å². The van der Waals surface area contributed by atoms with Crippen molar-refractivity contribution in [3.05, 3.63) is 35.4 Å². The van der Waals surface area contributed by atoms with E-state index in [0.717, 1.165) is 11.1 Å². The van der Waals surface area contributed by atoms with Crippen LogP contribution < -0.4 is 5.73 Å². The molecule has 1 aromatic rings. The molecule has 0 fully saturated rings. The molecular weight excluding hydrogens is 162 g/mol. The molecule has 2 nitrogen and oxygen atoms in total. The molecule has 68 valence electrons. The van der Waals surface area contributed by atoms with Crippen LogP contribution in [0.4, 0.5) is 0 Å². The van der Waals surface area contributed by atoms with Crippen molar-refractivity contribution in [2.24, 2.45) is 5.73 Å². The van der Waals surface area contributed by atoms with Gasteiger partial charge in [-0.15, -0.1) is 0 Å². The smallest absolute Gasteiger partial charge is 0.112 e. The summed E-state index contributed by atoms with van der Waals surface area (Å²) in [6.45, 7) is 2.16. The van der Waals surface area contributed by atoms with Crippen molar-refractivity contribution in [3.63, 3.8) is 0 Å². The predicted octanol–water partition coefficient (Wildman–Crippen LogP) is 0.878. The summed E-state index contributed by atoms with van der Waals surface area (Å²) in [7, 11) is 0. The Balaban J connectivity index is 2.85.